The fourth-order valence-electron chi connectivity index (χ4n) is 3.02. The molecule has 1 heterocycles. The van der Waals surface area contributed by atoms with Gasteiger partial charge in [-0.25, -0.2) is 0 Å². The first-order valence-electron chi connectivity index (χ1n) is 8.28. The number of pyridine rings is 1. The lowest BCUT2D eigenvalue weighted by Gasteiger charge is -2.17. The molecule has 0 bridgehead atoms. The zero-order valence-corrected chi connectivity index (χ0v) is 14.4. The smallest absolute Gasteiger partial charge is 0.252 e. The van der Waals surface area contributed by atoms with E-state index in [1.165, 1.54) is 0 Å². The SMILES string of the molecule is CCc1nc2ccccc2c(C(=O)NCC(C)CC(C)O)c1C. The zero-order valence-electron chi connectivity index (χ0n) is 14.4. The van der Waals surface area contributed by atoms with Crippen LogP contribution >= 0.6 is 0 Å². The maximum absolute atomic E-state index is 12.7. The van der Waals surface area contributed by atoms with Crippen molar-refractivity contribution in [2.75, 3.05) is 6.54 Å². The molecule has 2 N–H and O–H groups in total. The molecule has 2 atom stereocenters. The Labute approximate surface area is 137 Å². The first-order valence-corrected chi connectivity index (χ1v) is 8.28. The van der Waals surface area contributed by atoms with Gasteiger partial charge >= 0.3 is 0 Å². The van der Waals surface area contributed by atoms with Gasteiger partial charge in [0.15, 0.2) is 0 Å². The third-order valence-electron chi connectivity index (χ3n) is 4.15. The number of hydrogen-bond donors (Lipinski definition) is 2. The second-order valence-corrected chi connectivity index (χ2v) is 6.33. The Morgan fingerprint density at radius 1 is 1.30 bits per heavy atom. The van der Waals surface area contributed by atoms with Crippen LogP contribution in [0.4, 0.5) is 0 Å². The van der Waals surface area contributed by atoms with Gasteiger partial charge < -0.3 is 10.4 Å². The van der Waals surface area contributed by atoms with Gasteiger partial charge in [-0.15, -0.1) is 0 Å². The molecule has 1 aromatic heterocycles. The highest BCUT2D eigenvalue weighted by Gasteiger charge is 2.17. The van der Waals surface area contributed by atoms with Gasteiger partial charge in [-0.05, 0) is 44.2 Å². The van der Waals surface area contributed by atoms with Gasteiger partial charge in [-0.2, -0.15) is 0 Å². The molecule has 2 rings (SSSR count). The van der Waals surface area contributed by atoms with Crippen LogP contribution in [0.1, 0.15) is 48.8 Å². The van der Waals surface area contributed by atoms with Crippen molar-refractivity contribution in [1.29, 1.82) is 0 Å². The minimum absolute atomic E-state index is 0.0618. The van der Waals surface area contributed by atoms with E-state index in [1.807, 2.05) is 38.1 Å². The van der Waals surface area contributed by atoms with Crippen molar-refractivity contribution < 1.29 is 9.90 Å². The van der Waals surface area contributed by atoms with Gasteiger partial charge in [0.2, 0.25) is 0 Å². The molecular formula is C19H26N2O2. The molecule has 0 aliphatic carbocycles. The number of hydrogen-bond acceptors (Lipinski definition) is 3. The van der Waals surface area contributed by atoms with Crippen LogP contribution in [-0.2, 0) is 6.42 Å². The summed E-state index contributed by atoms with van der Waals surface area (Å²) in [6, 6.07) is 7.77. The van der Waals surface area contributed by atoms with E-state index >= 15 is 0 Å². The highest BCUT2D eigenvalue weighted by atomic mass is 16.3. The van der Waals surface area contributed by atoms with Crippen LogP contribution in [0.15, 0.2) is 24.3 Å². The van der Waals surface area contributed by atoms with Crippen molar-refractivity contribution in [2.24, 2.45) is 5.92 Å². The van der Waals surface area contributed by atoms with E-state index in [9.17, 15) is 9.90 Å². The number of carbonyl (C=O) groups is 1. The van der Waals surface area contributed by atoms with Crippen molar-refractivity contribution in [3.63, 3.8) is 0 Å². The number of amides is 1. The van der Waals surface area contributed by atoms with Gasteiger partial charge in [0, 0.05) is 17.6 Å². The highest BCUT2D eigenvalue weighted by molar-refractivity contribution is 6.07. The molecule has 1 amide bonds. The van der Waals surface area contributed by atoms with Crippen LogP contribution in [-0.4, -0.2) is 28.6 Å². The summed E-state index contributed by atoms with van der Waals surface area (Å²) in [6.07, 6.45) is 1.13. The summed E-state index contributed by atoms with van der Waals surface area (Å²) >= 11 is 0. The van der Waals surface area contributed by atoms with E-state index in [-0.39, 0.29) is 17.9 Å². The normalized spacial score (nSPS) is 13.8. The Morgan fingerprint density at radius 2 is 2.00 bits per heavy atom. The molecule has 1 aromatic carbocycles. The van der Waals surface area contributed by atoms with Crippen molar-refractivity contribution >= 4 is 16.8 Å². The zero-order chi connectivity index (χ0) is 17.0. The predicted molar refractivity (Wildman–Crippen MR) is 93.7 cm³/mol. The molecule has 4 nitrogen and oxygen atoms in total. The quantitative estimate of drug-likeness (QED) is 0.860. The largest absolute Gasteiger partial charge is 0.393 e. The average molecular weight is 314 g/mol. The number of rotatable bonds is 6. The fraction of sp³-hybridized carbons (Fsp3) is 0.474. The lowest BCUT2D eigenvalue weighted by atomic mass is 9.99. The van der Waals surface area contributed by atoms with E-state index in [4.69, 9.17) is 0 Å². The number of aliphatic hydroxyl groups is 1. The molecule has 124 valence electrons. The third-order valence-corrected chi connectivity index (χ3v) is 4.15. The van der Waals surface area contributed by atoms with Crippen molar-refractivity contribution in [1.82, 2.24) is 10.3 Å². The molecule has 0 fully saturated rings. The summed E-state index contributed by atoms with van der Waals surface area (Å²) in [4.78, 5) is 17.4. The topological polar surface area (TPSA) is 62.2 Å². The Kier molecular flexibility index (Phi) is 5.72. The fourth-order valence-corrected chi connectivity index (χ4v) is 3.02. The molecule has 0 radical (unpaired) electrons. The van der Waals surface area contributed by atoms with Crippen molar-refractivity contribution in [3.8, 4) is 0 Å². The molecule has 2 aromatic rings. The summed E-state index contributed by atoms with van der Waals surface area (Å²) in [5.74, 6) is 0.172. The van der Waals surface area contributed by atoms with Gasteiger partial charge in [-0.1, -0.05) is 32.0 Å². The summed E-state index contributed by atoms with van der Waals surface area (Å²) in [7, 11) is 0. The standard InChI is InChI=1S/C19H26N2O2/c1-5-16-14(4)18(15-8-6-7-9-17(15)21-16)19(23)20-11-12(2)10-13(3)22/h6-9,12-13,22H,5,10-11H2,1-4H3,(H,20,23). The summed E-state index contributed by atoms with van der Waals surface area (Å²) in [6.45, 7) is 8.37. The van der Waals surface area contributed by atoms with Crippen LogP contribution in [0.3, 0.4) is 0 Å². The summed E-state index contributed by atoms with van der Waals surface area (Å²) in [5.41, 5.74) is 3.49. The van der Waals surface area contributed by atoms with E-state index in [0.29, 0.717) is 13.0 Å². The number of aliphatic hydroxyl groups excluding tert-OH is 1. The maximum Gasteiger partial charge on any atom is 0.252 e. The van der Waals surface area contributed by atoms with Gasteiger partial charge in [0.05, 0.1) is 17.2 Å². The number of nitrogens with one attached hydrogen (secondary N) is 1. The lowest BCUT2D eigenvalue weighted by Crippen LogP contribution is -2.30. The minimum Gasteiger partial charge on any atom is -0.393 e. The molecule has 0 aliphatic heterocycles. The molecule has 0 aliphatic rings. The van der Waals surface area contributed by atoms with E-state index in [1.54, 1.807) is 6.92 Å². The number of benzene rings is 1. The highest BCUT2D eigenvalue weighted by Crippen LogP contribution is 2.23. The first kappa shape index (κ1) is 17.4. The number of aromatic nitrogens is 1. The average Bonchev–Trinajstić information content (AvgIpc) is 2.51. The predicted octanol–water partition coefficient (Wildman–Crippen LogP) is 3.24. The van der Waals surface area contributed by atoms with Crippen LogP contribution < -0.4 is 5.32 Å². The number of aryl methyl sites for hydroxylation is 1. The van der Waals surface area contributed by atoms with Gasteiger partial charge in [0.25, 0.3) is 5.91 Å². The van der Waals surface area contributed by atoms with Crippen molar-refractivity contribution in [2.45, 2.75) is 46.6 Å². The Morgan fingerprint density at radius 3 is 2.65 bits per heavy atom. The lowest BCUT2D eigenvalue weighted by molar-refractivity contribution is 0.0940. The van der Waals surface area contributed by atoms with Crippen LogP contribution in [0, 0.1) is 12.8 Å². The van der Waals surface area contributed by atoms with Crippen LogP contribution in [0.5, 0.6) is 0 Å². The van der Waals surface area contributed by atoms with Crippen LogP contribution in [0.25, 0.3) is 10.9 Å². The second kappa shape index (κ2) is 7.55. The Hall–Kier alpha value is -1.94. The molecule has 0 saturated heterocycles. The summed E-state index contributed by atoms with van der Waals surface area (Å²) in [5, 5.41) is 13.3. The van der Waals surface area contributed by atoms with Crippen LogP contribution in [0.2, 0.25) is 0 Å². The molecule has 0 spiro atoms. The maximum atomic E-state index is 12.7. The second-order valence-electron chi connectivity index (χ2n) is 6.33. The summed E-state index contributed by atoms with van der Waals surface area (Å²) < 4.78 is 0. The Balaban J connectivity index is 2.30. The van der Waals surface area contributed by atoms with Gasteiger partial charge in [0.1, 0.15) is 0 Å². The monoisotopic (exact) mass is 314 g/mol. The number of nitrogens with zero attached hydrogens (tertiary/aromatic N) is 1. The van der Waals surface area contributed by atoms with E-state index < -0.39 is 0 Å². The van der Waals surface area contributed by atoms with E-state index in [2.05, 4.69) is 17.2 Å². The molecule has 2 unspecified atom stereocenters. The van der Waals surface area contributed by atoms with E-state index in [0.717, 1.165) is 34.1 Å². The molecule has 4 heteroatoms. The Bertz CT molecular complexity index is 695. The number of para-hydroxylation sites is 1. The molecule has 23 heavy (non-hydrogen) atoms. The first-order chi connectivity index (χ1) is 10.9. The third kappa shape index (κ3) is 4.08. The molecule has 0 saturated carbocycles. The minimum atomic E-state index is -0.350. The number of fused-ring (bicyclic) bond motifs is 1. The molecular weight excluding hydrogens is 288 g/mol. The van der Waals surface area contributed by atoms with Gasteiger partial charge in [-0.3, -0.25) is 9.78 Å². The van der Waals surface area contributed by atoms with Crippen molar-refractivity contribution in [3.05, 3.63) is 41.1 Å². The number of carbonyl (C=O) groups excluding carboxylic acids is 1.